The van der Waals surface area contributed by atoms with Gasteiger partial charge in [-0.3, -0.25) is 4.79 Å². The molecule has 0 unspecified atom stereocenters. The molecule has 1 aromatic heterocycles. The van der Waals surface area contributed by atoms with Crippen LogP contribution in [0.2, 0.25) is 0 Å². The summed E-state index contributed by atoms with van der Waals surface area (Å²) in [6, 6.07) is 17.6. The highest BCUT2D eigenvalue weighted by Gasteiger charge is 2.15. The molecule has 3 rings (SSSR count). The Hall–Kier alpha value is -2.07. The van der Waals surface area contributed by atoms with Crippen molar-refractivity contribution in [3.05, 3.63) is 70.3 Å². The lowest BCUT2D eigenvalue weighted by Crippen LogP contribution is -2.27. The first-order valence-corrected chi connectivity index (χ1v) is 7.57. The Morgan fingerprint density at radius 2 is 1.86 bits per heavy atom. The minimum atomic E-state index is -0.102. The maximum atomic E-state index is 12.4. The standard InChI is InChI=1S/C17H15BrN2O/c1-11(13-7-3-4-8-14(13)18)19-17(21)16-10-12-6-2-5-9-15(12)20-16/h2-11,20H,1H3,(H,19,21)/t11-/m1/s1. The molecule has 0 radical (unpaired) electrons. The molecule has 0 aliphatic rings. The molecule has 0 spiro atoms. The number of amides is 1. The molecule has 0 saturated heterocycles. The van der Waals surface area contributed by atoms with E-state index < -0.39 is 0 Å². The molecular formula is C17H15BrN2O. The number of para-hydroxylation sites is 1. The molecule has 1 heterocycles. The van der Waals surface area contributed by atoms with E-state index in [0.717, 1.165) is 20.9 Å². The number of carbonyl (C=O) groups is 1. The van der Waals surface area contributed by atoms with Crippen LogP contribution in [0.3, 0.4) is 0 Å². The van der Waals surface area contributed by atoms with Crippen molar-refractivity contribution >= 4 is 32.7 Å². The van der Waals surface area contributed by atoms with E-state index in [4.69, 9.17) is 0 Å². The van der Waals surface area contributed by atoms with Gasteiger partial charge in [0, 0.05) is 15.4 Å². The summed E-state index contributed by atoms with van der Waals surface area (Å²) in [5.41, 5.74) is 2.60. The molecule has 106 valence electrons. The lowest BCUT2D eigenvalue weighted by molar-refractivity contribution is 0.0935. The fourth-order valence-corrected chi connectivity index (χ4v) is 3.00. The van der Waals surface area contributed by atoms with Crippen molar-refractivity contribution < 1.29 is 4.79 Å². The third-order valence-electron chi connectivity index (χ3n) is 3.49. The third-order valence-corrected chi connectivity index (χ3v) is 4.22. The smallest absolute Gasteiger partial charge is 0.268 e. The van der Waals surface area contributed by atoms with Gasteiger partial charge in [0.2, 0.25) is 0 Å². The number of nitrogens with one attached hydrogen (secondary N) is 2. The second kappa shape index (κ2) is 5.74. The van der Waals surface area contributed by atoms with Gasteiger partial charge < -0.3 is 10.3 Å². The highest BCUT2D eigenvalue weighted by Crippen LogP contribution is 2.23. The summed E-state index contributed by atoms with van der Waals surface area (Å²) in [6.07, 6.45) is 0. The summed E-state index contributed by atoms with van der Waals surface area (Å²) in [5.74, 6) is -0.102. The molecule has 0 aliphatic carbocycles. The van der Waals surface area contributed by atoms with E-state index in [2.05, 4.69) is 26.2 Å². The van der Waals surface area contributed by atoms with Crippen LogP contribution in [-0.4, -0.2) is 10.9 Å². The van der Waals surface area contributed by atoms with Crippen molar-refractivity contribution in [2.24, 2.45) is 0 Å². The average molecular weight is 343 g/mol. The Morgan fingerprint density at radius 1 is 1.14 bits per heavy atom. The largest absolute Gasteiger partial charge is 0.351 e. The van der Waals surface area contributed by atoms with Crippen LogP contribution >= 0.6 is 15.9 Å². The monoisotopic (exact) mass is 342 g/mol. The predicted octanol–water partition coefficient (Wildman–Crippen LogP) is 4.42. The summed E-state index contributed by atoms with van der Waals surface area (Å²) in [6.45, 7) is 1.97. The second-order valence-corrected chi connectivity index (χ2v) is 5.84. The molecule has 0 bridgehead atoms. The normalized spacial score (nSPS) is 12.3. The van der Waals surface area contributed by atoms with Crippen molar-refractivity contribution in [1.29, 1.82) is 0 Å². The van der Waals surface area contributed by atoms with Crippen molar-refractivity contribution in [1.82, 2.24) is 10.3 Å². The van der Waals surface area contributed by atoms with E-state index in [1.807, 2.05) is 61.5 Å². The number of hydrogen-bond donors (Lipinski definition) is 2. The zero-order valence-corrected chi connectivity index (χ0v) is 13.1. The van der Waals surface area contributed by atoms with Crippen molar-refractivity contribution in [2.45, 2.75) is 13.0 Å². The van der Waals surface area contributed by atoms with Gasteiger partial charge in [-0.05, 0) is 30.7 Å². The van der Waals surface area contributed by atoms with Crippen LogP contribution < -0.4 is 5.32 Å². The van der Waals surface area contributed by atoms with Crippen molar-refractivity contribution in [3.8, 4) is 0 Å². The Labute approximate surface area is 131 Å². The number of fused-ring (bicyclic) bond motifs is 1. The number of aromatic amines is 1. The third kappa shape index (κ3) is 2.85. The summed E-state index contributed by atoms with van der Waals surface area (Å²) in [5, 5.41) is 4.05. The molecule has 3 nitrogen and oxygen atoms in total. The average Bonchev–Trinajstić information content (AvgIpc) is 2.91. The van der Waals surface area contributed by atoms with Gasteiger partial charge in [0.1, 0.15) is 5.69 Å². The zero-order chi connectivity index (χ0) is 14.8. The highest BCUT2D eigenvalue weighted by atomic mass is 79.9. The molecule has 0 fully saturated rings. The predicted molar refractivity (Wildman–Crippen MR) is 88.3 cm³/mol. The number of halogens is 1. The van der Waals surface area contributed by atoms with Crippen LogP contribution in [0.1, 0.15) is 29.0 Å². The topological polar surface area (TPSA) is 44.9 Å². The molecule has 0 saturated carbocycles. The van der Waals surface area contributed by atoms with Gasteiger partial charge in [0.05, 0.1) is 6.04 Å². The molecular weight excluding hydrogens is 328 g/mol. The van der Waals surface area contributed by atoms with Gasteiger partial charge >= 0.3 is 0 Å². The zero-order valence-electron chi connectivity index (χ0n) is 11.6. The van der Waals surface area contributed by atoms with Gasteiger partial charge in [-0.2, -0.15) is 0 Å². The maximum absolute atomic E-state index is 12.4. The lowest BCUT2D eigenvalue weighted by Gasteiger charge is -2.15. The Morgan fingerprint density at radius 3 is 2.62 bits per heavy atom. The van der Waals surface area contributed by atoms with E-state index >= 15 is 0 Å². The Bertz CT molecular complexity index is 761. The van der Waals surface area contributed by atoms with Crippen LogP contribution in [0.5, 0.6) is 0 Å². The number of hydrogen-bond acceptors (Lipinski definition) is 1. The quantitative estimate of drug-likeness (QED) is 0.726. The number of benzene rings is 2. The number of aromatic nitrogens is 1. The Balaban J connectivity index is 1.81. The summed E-state index contributed by atoms with van der Waals surface area (Å²) in [4.78, 5) is 15.5. The van der Waals surface area contributed by atoms with Gasteiger partial charge in [-0.25, -0.2) is 0 Å². The van der Waals surface area contributed by atoms with Gasteiger partial charge in [-0.1, -0.05) is 52.3 Å². The SMILES string of the molecule is C[C@@H](NC(=O)c1cc2ccccc2[nH]1)c1ccccc1Br. The number of rotatable bonds is 3. The molecule has 21 heavy (non-hydrogen) atoms. The van der Waals surface area contributed by atoms with Crippen molar-refractivity contribution in [3.63, 3.8) is 0 Å². The number of H-pyrrole nitrogens is 1. The highest BCUT2D eigenvalue weighted by molar-refractivity contribution is 9.10. The molecule has 2 N–H and O–H groups in total. The number of carbonyl (C=O) groups excluding carboxylic acids is 1. The van der Waals surface area contributed by atoms with Crippen molar-refractivity contribution in [2.75, 3.05) is 0 Å². The molecule has 1 amide bonds. The lowest BCUT2D eigenvalue weighted by atomic mass is 10.1. The van der Waals surface area contributed by atoms with E-state index in [9.17, 15) is 4.79 Å². The molecule has 2 aromatic carbocycles. The maximum Gasteiger partial charge on any atom is 0.268 e. The first kappa shape index (κ1) is 13.9. The minimum Gasteiger partial charge on any atom is -0.351 e. The van der Waals surface area contributed by atoms with Crippen LogP contribution in [0, 0.1) is 0 Å². The molecule has 0 aliphatic heterocycles. The fourth-order valence-electron chi connectivity index (χ4n) is 2.37. The molecule has 1 atom stereocenters. The van der Waals surface area contributed by atoms with Crippen LogP contribution in [0.4, 0.5) is 0 Å². The van der Waals surface area contributed by atoms with Crippen LogP contribution in [0.15, 0.2) is 59.1 Å². The second-order valence-electron chi connectivity index (χ2n) is 4.99. The van der Waals surface area contributed by atoms with E-state index in [-0.39, 0.29) is 11.9 Å². The first-order valence-electron chi connectivity index (χ1n) is 6.78. The summed E-state index contributed by atoms with van der Waals surface area (Å²) >= 11 is 3.51. The summed E-state index contributed by atoms with van der Waals surface area (Å²) in [7, 11) is 0. The van der Waals surface area contributed by atoms with E-state index in [1.54, 1.807) is 0 Å². The van der Waals surface area contributed by atoms with Gasteiger partial charge in [0.25, 0.3) is 5.91 Å². The van der Waals surface area contributed by atoms with Crippen LogP contribution in [-0.2, 0) is 0 Å². The van der Waals surface area contributed by atoms with Gasteiger partial charge in [-0.15, -0.1) is 0 Å². The minimum absolute atomic E-state index is 0.0699. The first-order chi connectivity index (χ1) is 10.1. The van der Waals surface area contributed by atoms with Crippen LogP contribution in [0.25, 0.3) is 10.9 Å². The Kier molecular flexibility index (Phi) is 3.80. The summed E-state index contributed by atoms with van der Waals surface area (Å²) < 4.78 is 0.995. The van der Waals surface area contributed by atoms with Gasteiger partial charge in [0.15, 0.2) is 0 Å². The van der Waals surface area contributed by atoms with E-state index in [1.165, 1.54) is 0 Å². The van der Waals surface area contributed by atoms with E-state index in [0.29, 0.717) is 5.69 Å². The fraction of sp³-hybridized carbons (Fsp3) is 0.118. The molecule has 3 aromatic rings. The molecule has 4 heteroatoms.